The minimum Gasteiger partial charge on any atom is -0.458 e. The van der Waals surface area contributed by atoms with Crippen LogP contribution in [0.4, 0.5) is 0 Å². The molecule has 0 amide bonds. The summed E-state index contributed by atoms with van der Waals surface area (Å²) in [5.41, 5.74) is 3.38. The Bertz CT molecular complexity index is 1430. The molecule has 12 atom stereocenters. The van der Waals surface area contributed by atoms with Gasteiger partial charge in [0.15, 0.2) is 0 Å². The summed E-state index contributed by atoms with van der Waals surface area (Å²) < 4.78 is 12.5. The molecule has 2 aliphatic heterocycles. The fraction of sp³-hybridized carbons (Fsp3) is 0.658. The molecular weight excluding hydrogens is 536 g/mol. The molecule has 0 radical (unpaired) electrons. The first kappa shape index (κ1) is 28.3. The van der Waals surface area contributed by atoms with Gasteiger partial charge in [-0.3, -0.25) is 4.79 Å². The monoisotopic (exact) mass is 584 g/mol. The lowest BCUT2D eigenvalue weighted by atomic mass is 9.38. The van der Waals surface area contributed by atoms with E-state index in [1.807, 2.05) is 13.0 Å². The summed E-state index contributed by atoms with van der Waals surface area (Å²) in [6.07, 6.45) is 15.6. The fourth-order valence-corrected chi connectivity index (χ4v) is 12.3. The van der Waals surface area contributed by atoms with Crippen LogP contribution in [-0.2, 0) is 14.3 Å². The van der Waals surface area contributed by atoms with Crippen molar-refractivity contribution in [2.45, 2.75) is 91.0 Å². The van der Waals surface area contributed by atoms with Crippen LogP contribution in [0.3, 0.4) is 0 Å². The Labute approximate surface area is 256 Å². The van der Waals surface area contributed by atoms with Crippen LogP contribution in [0.25, 0.3) is 0 Å². The van der Waals surface area contributed by atoms with Crippen LogP contribution in [0.5, 0.6) is 0 Å². The van der Waals surface area contributed by atoms with Gasteiger partial charge in [0, 0.05) is 17.3 Å². The van der Waals surface area contributed by atoms with Crippen molar-refractivity contribution < 1.29 is 24.5 Å². The number of esters is 1. The fourth-order valence-electron chi connectivity index (χ4n) is 12.3. The van der Waals surface area contributed by atoms with Crippen molar-refractivity contribution in [2.24, 2.45) is 50.7 Å². The van der Waals surface area contributed by atoms with Crippen LogP contribution in [0, 0.1) is 50.7 Å². The Morgan fingerprint density at radius 3 is 2.70 bits per heavy atom. The van der Waals surface area contributed by atoms with Crippen LogP contribution in [0.15, 0.2) is 65.8 Å². The lowest BCUT2D eigenvalue weighted by molar-refractivity contribution is -0.199. The van der Waals surface area contributed by atoms with Crippen LogP contribution in [0.1, 0.15) is 84.3 Å². The molecule has 1 aromatic carbocycles. The number of aliphatic hydroxyl groups excluding tert-OH is 2. The van der Waals surface area contributed by atoms with E-state index in [1.165, 1.54) is 11.1 Å². The van der Waals surface area contributed by atoms with Crippen molar-refractivity contribution in [3.8, 4) is 0 Å². The van der Waals surface area contributed by atoms with Gasteiger partial charge in [-0.25, -0.2) is 0 Å². The van der Waals surface area contributed by atoms with E-state index in [-0.39, 0.29) is 75.7 Å². The molecule has 5 heteroatoms. The van der Waals surface area contributed by atoms with Crippen molar-refractivity contribution >= 4 is 5.97 Å². The Hall–Kier alpha value is -2.21. The van der Waals surface area contributed by atoms with E-state index in [4.69, 9.17) is 9.47 Å². The number of hydrogen-bond donors (Lipinski definition) is 2. The molecule has 7 aliphatic rings. The van der Waals surface area contributed by atoms with Gasteiger partial charge in [0.05, 0.1) is 31.3 Å². The molecule has 2 N–H and O–H groups in total. The number of carbonyl (C=O) groups is 1. The number of aliphatic hydroxyl groups is 2. The zero-order valence-corrected chi connectivity index (χ0v) is 26.2. The van der Waals surface area contributed by atoms with Gasteiger partial charge >= 0.3 is 5.97 Å². The molecule has 0 bridgehead atoms. The Morgan fingerprint density at radius 2 is 1.93 bits per heavy atom. The third-order valence-corrected chi connectivity index (χ3v) is 14.5. The Balaban J connectivity index is 1.11. The maximum absolute atomic E-state index is 13.2. The zero-order chi connectivity index (χ0) is 30.0. The number of benzene rings is 1. The number of allylic oxidation sites excluding steroid dienone is 3. The first-order valence-corrected chi connectivity index (χ1v) is 16.7. The van der Waals surface area contributed by atoms with Crippen LogP contribution in [-0.4, -0.2) is 41.6 Å². The summed E-state index contributed by atoms with van der Waals surface area (Å²) in [5.74, 6) is 0.706. The van der Waals surface area contributed by atoms with E-state index < -0.39 is 0 Å². The van der Waals surface area contributed by atoms with E-state index >= 15 is 0 Å². The first-order chi connectivity index (χ1) is 20.5. The summed E-state index contributed by atoms with van der Waals surface area (Å²) in [6, 6.07) is 10.6. The van der Waals surface area contributed by atoms with Gasteiger partial charge in [-0.05, 0) is 96.7 Å². The Morgan fingerprint density at radius 1 is 1.14 bits per heavy atom. The minimum absolute atomic E-state index is 0.00914. The number of fused-ring (bicyclic) bond motifs is 5. The second kappa shape index (κ2) is 9.17. The number of hydrogen-bond acceptors (Lipinski definition) is 5. The van der Waals surface area contributed by atoms with E-state index in [2.05, 4.69) is 69.3 Å². The van der Waals surface area contributed by atoms with E-state index in [9.17, 15) is 15.0 Å². The maximum atomic E-state index is 13.2. The van der Waals surface area contributed by atoms with E-state index in [0.29, 0.717) is 18.9 Å². The predicted molar refractivity (Wildman–Crippen MR) is 165 cm³/mol. The normalized spacial score (nSPS) is 51.4. The molecule has 3 saturated carbocycles. The summed E-state index contributed by atoms with van der Waals surface area (Å²) in [6.45, 7) is 9.90. The standard InChI is InChI=1S/C38H48O5/c1-23(20-39)16-26-18-27(33(41)43-26)28-11-15-38-21-37(28,38)14-12-30-34(2)13-10-25-17-29(24-8-6-5-7-9-24)42-22-35(25,3)31(34)19-32(40)36(30,38)4/h5-10,12,14,16,26-32,39-40H,11,13,15,17-22H2,1-4H3/b23-16-/t26-,27-,28-,29-,30+,31+,32+,34+,35-,36-,37-,38+/m0/s1. The number of cyclic esters (lactones) is 1. The molecular formula is C38H48O5. The number of rotatable bonds is 4. The zero-order valence-electron chi connectivity index (χ0n) is 26.2. The predicted octanol–water partition coefficient (Wildman–Crippen LogP) is 6.72. The molecule has 1 aromatic rings. The molecule has 0 spiro atoms. The van der Waals surface area contributed by atoms with Gasteiger partial charge in [-0.15, -0.1) is 0 Å². The third-order valence-electron chi connectivity index (χ3n) is 14.5. The SMILES string of the molecule is C/C(=C/[C@H]1C[C@@H]([C@@H]2CC[C@]34C[C@@]23C=C[C@@H]2[C@@]3(C)CC=C5C[C@@H](c6ccccc6)OC[C@]5(C)[C@@H]3C[C@@H](O)[C@]24C)C(=O)O1)CO. The average Bonchev–Trinajstić information content (AvgIpc) is 3.39. The summed E-state index contributed by atoms with van der Waals surface area (Å²) in [5, 5.41) is 21.8. The van der Waals surface area contributed by atoms with Crippen molar-refractivity contribution in [2.75, 3.05) is 13.2 Å². The molecule has 2 heterocycles. The van der Waals surface area contributed by atoms with Crippen molar-refractivity contribution in [1.82, 2.24) is 0 Å². The van der Waals surface area contributed by atoms with Gasteiger partial charge in [0.1, 0.15) is 6.10 Å². The lowest BCUT2D eigenvalue weighted by Gasteiger charge is -2.67. The summed E-state index contributed by atoms with van der Waals surface area (Å²) in [7, 11) is 0. The second-order valence-corrected chi connectivity index (χ2v) is 16.1. The highest BCUT2D eigenvalue weighted by Gasteiger charge is 2.84. The van der Waals surface area contributed by atoms with Crippen molar-refractivity contribution in [3.05, 3.63) is 71.3 Å². The van der Waals surface area contributed by atoms with Crippen LogP contribution in [0.2, 0.25) is 0 Å². The summed E-state index contributed by atoms with van der Waals surface area (Å²) >= 11 is 0. The smallest absolute Gasteiger partial charge is 0.309 e. The van der Waals surface area contributed by atoms with E-state index in [1.54, 1.807) is 0 Å². The molecule has 230 valence electrons. The maximum Gasteiger partial charge on any atom is 0.309 e. The number of ether oxygens (including phenoxy) is 2. The minimum atomic E-state index is -0.386. The van der Waals surface area contributed by atoms with Crippen LogP contribution >= 0.6 is 0 Å². The molecule has 2 saturated heterocycles. The topological polar surface area (TPSA) is 76.0 Å². The molecule has 0 aromatic heterocycles. The molecule has 0 unspecified atom stereocenters. The van der Waals surface area contributed by atoms with Gasteiger partial charge < -0.3 is 19.7 Å². The second-order valence-electron chi connectivity index (χ2n) is 16.1. The number of carbonyl (C=O) groups excluding carboxylic acids is 1. The van der Waals surface area contributed by atoms with Gasteiger partial charge in [-0.2, -0.15) is 0 Å². The third kappa shape index (κ3) is 3.48. The molecule has 8 rings (SSSR count). The largest absolute Gasteiger partial charge is 0.458 e. The Kier molecular flexibility index (Phi) is 6.03. The van der Waals surface area contributed by atoms with Gasteiger partial charge in [-0.1, -0.05) is 74.9 Å². The average molecular weight is 585 g/mol. The van der Waals surface area contributed by atoms with E-state index in [0.717, 1.165) is 44.1 Å². The highest BCUT2D eigenvalue weighted by atomic mass is 16.5. The van der Waals surface area contributed by atoms with Gasteiger partial charge in [0.2, 0.25) is 0 Å². The quantitative estimate of drug-likeness (QED) is 0.304. The van der Waals surface area contributed by atoms with Crippen molar-refractivity contribution in [3.63, 3.8) is 0 Å². The van der Waals surface area contributed by atoms with Crippen molar-refractivity contribution in [1.29, 1.82) is 0 Å². The molecule has 5 nitrogen and oxygen atoms in total. The highest BCUT2D eigenvalue weighted by molar-refractivity contribution is 5.76. The molecule has 5 aliphatic carbocycles. The van der Waals surface area contributed by atoms with Gasteiger partial charge in [0.25, 0.3) is 0 Å². The first-order valence-electron chi connectivity index (χ1n) is 16.7. The lowest BCUT2D eigenvalue weighted by Crippen LogP contribution is -2.64. The highest BCUT2D eigenvalue weighted by Crippen LogP contribution is 2.89. The molecule has 43 heavy (non-hydrogen) atoms. The van der Waals surface area contributed by atoms with Crippen LogP contribution < -0.4 is 0 Å². The summed E-state index contributed by atoms with van der Waals surface area (Å²) in [4.78, 5) is 13.2. The molecule has 5 fully saturated rings.